The van der Waals surface area contributed by atoms with Crippen LogP contribution in [0.25, 0.3) is 11.0 Å². The Kier molecular flexibility index (Phi) is 5.26. The van der Waals surface area contributed by atoms with Crippen molar-refractivity contribution < 1.29 is 9.53 Å². The molecule has 3 rings (SSSR count). The number of carbonyl (C=O) groups is 1. The minimum absolute atomic E-state index is 0.348. The topological polar surface area (TPSA) is 91.1 Å². The van der Waals surface area contributed by atoms with E-state index in [4.69, 9.17) is 4.74 Å². The van der Waals surface area contributed by atoms with Crippen LogP contribution in [0.1, 0.15) is 45.2 Å². The first kappa shape index (κ1) is 20.0. The minimum atomic E-state index is -0.651. The fourth-order valence-electron chi connectivity index (χ4n) is 3.92. The van der Waals surface area contributed by atoms with Crippen LogP contribution in [0.4, 0.5) is 4.79 Å². The first-order valence-corrected chi connectivity index (χ1v) is 9.50. The van der Waals surface area contributed by atoms with Crippen molar-refractivity contribution in [1.29, 1.82) is 5.26 Å². The molecule has 28 heavy (non-hydrogen) atoms. The molecule has 7 heteroatoms. The molecule has 1 saturated heterocycles. The highest BCUT2D eigenvalue weighted by Gasteiger charge is 2.45. The number of benzene rings is 1. The van der Waals surface area contributed by atoms with Gasteiger partial charge in [0.25, 0.3) is 0 Å². The third-order valence-electron chi connectivity index (χ3n) is 5.15. The maximum atomic E-state index is 13.0. The second kappa shape index (κ2) is 7.36. The number of hydrogen-bond donors (Lipinski definition) is 1. The maximum absolute atomic E-state index is 13.0. The molecule has 0 spiro atoms. The molecule has 2 heterocycles. The summed E-state index contributed by atoms with van der Waals surface area (Å²) in [6.07, 6.45) is 3.57. The zero-order chi connectivity index (χ0) is 20.5. The van der Waals surface area contributed by atoms with Crippen LogP contribution in [-0.4, -0.2) is 46.7 Å². The van der Waals surface area contributed by atoms with Gasteiger partial charge in [-0.25, -0.2) is 4.79 Å². The quantitative estimate of drug-likeness (QED) is 0.859. The Morgan fingerprint density at radius 1 is 1.32 bits per heavy atom. The van der Waals surface area contributed by atoms with Crippen LogP contribution in [0.15, 0.2) is 24.5 Å². The van der Waals surface area contributed by atoms with Gasteiger partial charge in [0.1, 0.15) is 17.2 Å². The fourth-order valence-corrected chi connectivity index (χ4v) is 3.92. The predicted molar refractivity (Wildman–Crippen MR) is 107 cm³/mol. The summed E-state index contributed by atoms with van der Waals surface area (Å²) in [5, 5.41) is 12.9. The summed E-state index contributed by atoms with van der Waals surface area (Å²) in [6, 6.07) is 5.84. The first-order valence-electron chi connectivity index (χ1n) is 9.50. The number of nitrogens with zero attached hydrogens (tertiary/aromatic N) is 4. The number of amides is 1. The second-order valence-corrected chi connectivity index (χ2v) is 8.54. The molecule has 0 unspecified atom stereocenters. The van der Waals surface area contributed by atoms with Crippen LogP contribution in [0.3, 0.4) is 0 Å². The largest absolute Gasteiger partial charge is 0.444 e. The van der Waals surface area contributed by atoms with Crippen molar-refractivity contribution in [1.82, 2.24) is 20.2 Å². The summed E-state index contributed by atoms with van der Waals surface area (Å²) < 4.78 is 5.66. The summed E-state index contributed by atoms with van der Waals surface area (Å²) in [6.45, 7) is 9.18. The Morgan fingerprint density at radius 2 is 2.00 bits per heavy atom. The van der Waals surface area contributed by atoms with E-state index in [9.17, 15) is 10.1 Å². The van der Waals surface area contributed by atoms with Gasteiger partial charge in [0.2, 0.25) is 0 Å². The monoisotopic (exact) mass is 381 g/mol. The van der Waals surface area contributed by atoms with Gasteiger partial charge in [-0.2, -0.15) is 5.26 Å². The zero-order valence-electron chi connectivity index (χ0n) is 17.1. The van der Waals surface area contributed by atoms with Gasteiger partial charge in [-0.3, -0.25) is 9.97 Å². The lowest BCUT2D eigenvalue weighted by molar-refractivity contribution is -0.00623. The van der Waals surface area contributed by atoms with E-state index in [-0.39, 0.29) is 6.09 Å². The van der Waals surface area contributed by atoms with Gasteiger partial charge in [0, 0.05) is 31.5 Å². The highest BCUT2D eigenvalue weighted by Crippen LogP contribution is 2.40. The number of aromatic nitrogens is 2. The van der Waals surface area contributed by atoms with Crippen molar-refractivity contribution in [3.8, 4) is 6.07 Å². The highest BCUT2D eigenvalue weighted by atomic mass is 16.6. The van der Waals surface area contributed by atoms with Crippen LogP contribution in [0.5, 0.6) is 0 Å². The maximum Gasteiger partial charge on any atom is 0.410 e. The molecular weight excluding hydrogens is 354 g/mol. The lowest BCUT2D eigenvalue weighted by atomic mass is 9.77. The second-order valence-electron chi connectivity index (χ2n) is 8.54. The molecule has 2 aromatic rings. The third kappa shape index (κ3) is 3.65. The van der Waals surface area contributed by atoms with Gasteiger partial charge in [0.05, 0.1) is 16.6 Å². The molecule has 1 fully saturated rings. The Labute approximate surface area is 165 Å². The number of ether oxygens (including phenoxy) is 1. The summed E-state index contributed by atoms with van der Waals surface area (Å²) in [4.78, 5) is 23.6. The van der Waals surface area contributed by atoms with Crippen molar-refractivity contribution in [3.05, 3.63) is 35.7 Å². The van der Waals surface area contributed by atoms with Crippen molar-refractivity contribution in [3.63, 3.8) is 0 Å². The van der Waals surface area contributed by atoms with Crippen LogP contribution in [0, 0.1) is 17.2 Å². The van der Waals surface area contributed by atoms with Gasteiger partial charge in [0.15, 0.2) is 0 Å². The van der Waals surface area contributed by atoms with E-state index in [0.29, 0.717) is 29.1 Å². The minimum Gasteiger partial charge on any atom is -0.444 e. The number of hydrogen-bond acceptors (Lipinski definition) is 6. The normalized spacial score (nSPS) is 22.5. The summed E-state index contributed by atoms with van der Waals surface area (Å²) in [7, 11) is 1.77. The Morgan fingerprint density at radius 3 is 2.61 bits per heavy atom. The van der Waals surface area contributed by atoms with E-state index >= 15 is 0 Å². The molecule has 0 aliphatic carbocycles. The number of likely N-dealkylation sites (N-methyl/N-ethyl adjacent to an activating group) is 1. The van der Waals surface area contributed by atoms with E-state index in [1.165, 1.54) is 0 Å². The van der Waals surface area contributed by atoms with E-state index in [1.807, 2.05) is 26.8 Å². The molecule has 1 amide bonds. The molecular formula is C21H27N5O2. The number of piperidine rings is 1. The number of rotatable bonds is 2. The van der Waals surface area contributed by atoms with Gasteiger partial charge in [-0.05, 0) is 45.7 Å². The number of carbonyl (C=O) groups excluding carboxylic acids is 1. The van der Waals surface area contributed by atoms with Gasteiger partial charge in [-0.1, -0.05) is 13.0 Å². The third-order valence-corrected chi connectivity index (χ3v) is 5.15. The van der Waals surface area contributed by atoms with Crippen LogP contribution >= 0.6 is 0 Å². The average molecular weight is 381 g/mol. The molecule has 1 aromatic carbocycles. The standard InChI is InChI=1S/C21H27N5O2/c1-14-10-21(13-23-12-14,26(5)19(27)28-20(2,3)4)16-7-6-15(11-22)17-18(16)25-9-8-24-17/h6-9,14,23H,10,12-13H2,1-5H3/t14-,21-/m0/s1. The van der Waals surface area contributed by atoms with Gasteiger partial charge in [-0.15, -0.1) is 0 Å². The smallest absolute Gasteiger partial charge is 0.410 e. The summed E-state index contributed by atoms with van der Waals surface area (Å²) in [5.74, 6) is 0.348. The average Bonchev–Trinajstić information content (AvgIpc) is 2.65. The number of nitriles is 1. The summed E-state index contributed by atoms with van der Waals surface area (Å²) in [5.41, 5.74) is 1.31. The number of fused-ring (bicyclic) bond motifs is 1. The van der Waals surface area contributed by atoms with Crippen molar-refractivity contribution in [2.24, 2.45) is 5.92 Å². The first-order chi connectivity index (χ1) is 13.2. The Balaban J connectivity index is 2.18. The lowest BCUT2D eigenvalue weighted by Gasteiger charge is -2.47. The molecule has 148 valence electrons. The van der Waals surface area contributed by atoms with Crippen molar-refractivity contribution >= 4 is 17.1 Å². The lowest BCUT2D eigenvalue weighted by Crippen LogP contribution is -2.58. The molecule has 0 radical (unpaired) electrons. The molecule has 1 aliphatic rings. The summed E-state index contributed by atoms with van der Waals surface area (Å²) >= 11 is 0. The van der Waals surface area contributed by atoms with Crippen LogP contribution in [-0.2, 0) is 10.3 Å². The van der Waals surface area contributed by atoms with E-state index in [1.54, 1.807) is 30.4 Å². The van der Waals surface area contributed by atoms with E-state index < -0.39 is 11.1 Å². The molecule has 7 nitrogen and oxygen atoms in total. The highest BCUT2D eigenvalue weighted by molar-refractivity contribution is 5.85. The van der Waals surface area contributed by atoms with E-state index in [2.05, 4.69) is 28.3 Å². The Bertz CT molecular complexity index is 931. The molecule has 1 aromatic heterocycles. The van der Waals surface area contributed by atoms with E-state index in [0.717, 1.165) is 18.5 Å². The van der Waals surface area contributed by atoms with Gasteiger partial charge >= 0.3 is 6.09 Å². The van der Waals surface area contributed by atoms with Crippen molar-refractivity contribution in [2.75, 3.05) is 20.1 Å². The van der Waals surface area contributed by atoms with Crippen LogP contribution < -0.4 is 5.32 Å². The Hall–Kier alpha value is -2.72. The predicted octanol–water partition coefficient (Wildman–Crippen LogP) is 3.19. The SMILES string of the molecule is C[C@@H]1CNC[C@@](c2ccc(C#N)c3nccnc23)(N(C)C(=O)OC(C)(C)C)C1. The molecule has 0 saturated carbocycles. The van der Waals surface area contributed by atoms with Crippen molar-refractivity contribution in [2.45, 2.75) is 45.3 Å². The molecule has 1 N–H and O–H groups in total. The number of nitrogens with one attached hydrogen (secondary N) is 1. The van der Waals surface area contributed by atoms with Gasteiger partial charge < -0.3 is 15.0 Å². The fraction of sp³-hybridized carbons (Fsp3) is 0.524. The zero-order valence-corrected chi connectivity index (χ0v) is 17.1. The molecule has 1 aliphatic heterocycles. The van der Waals surface area contributed by atoms with Crippen LogP contribution in [0.2, 0.25) is 0 Å². The molecule has 2 atom stereocenters. The molecule has 0 bridgehead atoms.